The van der Waals surface area contributed by atoms with E-state index >= 15 is 0 Å². The van der Waals surface area contributed by atoms with Gasteiger partial charge in [-0.1, -0.05) is 12.1 Å². The van der Waals surface area contributed by atoms with Crippen molar-refractivity contribution in [3.05, 3.63) is 46.9 Å². The van der Waals surface area contributed by atoms with Crippen LogP contribution in [0.25, 0.3) is 11.3 Å². The van der Waals surface area contributed by atoms with Crippen molar-refractivity contribution in [2.75, 3.05) is 0 Å². The summed E-state index contributed by atoms with van der Waals surface area (Å²) in [5.41, 5.74) is 10.6. The molecule has 1 amide bonds. The molecule has 1 aromatic heterocycles. The molecule has 3 rings (SSSR count). The van der Waals surface area contributed by atoms with Gasteiger partial charge in [0.15, 0.2) is 0 Å². The molecule has 1 heterocycles. The maximum atomic E-state index is 11.2. The molecule has 0 fully saturated rings. The van der Waals surface area contributed by atoms with Crippen LogP contribution in [0.5, 0.6) is 0 Å². The molecule has 1 aliphatic carbocycles. The number of aryl methyl sites for hydroxylation is 3. The van der Waals surface area contributed by atoms with Gasteiger partial charge in [0.25, 0.3) is 5.91 Å². The van der Waals surface area contributed by atoms with Gasteiger partial charge in [-0.05, 0) is 49.4 Å². The minimum absolute atomic E-state index is 0.0792. The number of carbonyl (C=O) groups is 1. The van der Waals surface area contributed by atoms with E-state index in [2.05, 4.69) is 28.2 Å². The summed E-state index contributed by atoms with van der Waals surface area (Å²) >= 11 is 0. The Balaban J connectivity index is 2.09. The Hall–Kier alpha value is -2.23. The normalized spacial score (nSPS) is 13.3. The fourth-order valence-electron chi connectivity index (χ4n) is 2.56. The summed E-state index contributed by atoms with van der Waals surface area (Å²) in [6, 6.07) is 8.24. The minimum Gasteiger partial charge on any atom is -0.363 e. The number of nitrogens with two attached hydrogens (primary N) is 1. The lowest BCUT2D eigenvalue weighted by Gasteiger charge is -2.06. The van der Waals surface area contributed by atoms with Gasteiger partial charge in [-0.2, -0.15) is 0 Å². The molecule has 2 aromatic rings. The Bertz CT molecular complexity index is 664. The van der Waals surface area contributed by atoms with Crippen molar-refractivity contribution in [3.63, 3.8) is 0 Å². The van der Waals surface area contributed by atoms with Crippen LogP contribution in [-0.4, -0.2) is 15.9 Å². The second-order valence-corrected chi connectivity index (χ2v) is 4.92. The van der Waals surface area contributed by atoms with Crippen LogP contribution in [0.1, 0.15) is 33.9 Å². The van der Waals surface area contributed by atoms with Crippen LogP contribution in [0.2, 0.25) is 0 Å². The van der Waals surface area contributed by atoms with Crippen LogP contribution < -0.4 is 5.73 Å². The fraction of sp³-hybridized carbons (Fsp3) is 0.267. The number of rotatable bonds is 2. The zero-order valence-corrected chi connectivity index (χ0v) is 10.8. The number of carbonyl (C=O) groups excluding carboxylic acids is 1. The molecular weight excluding hydrogens is 238 g/mol. The van der Waals surface area contributed by atoms with Crippen LogP contribution in [-0.2, 0) is 12.8 Å². The SMILES string of the molecule is Cc1cc(-c2ccc3c(c2)CCC3)nc(C(N)=O)n1. The lowest BCUT2D eigenvalue weighted by Crippen LogP contribution is -2.16. The molecule has 96 valence electrons. The molecule has 4 nitrogen and oxygen atoms in total. The first kappa shape index (κ1) is 11.8. The number of hydrogen-bond donors (Lipinski definition) is 1. The first-order chi connectivity index (χ1) is 9.13. The van der Waals surface area contributed by atoms with Crippen molar-refractivity contribution in [3.8, 4) is 11.3 Å². The van der Waals surface area contributed by atoms with Crippen molar-refractivity contribution in [2.24, 2.45) is 5.73 Å². The van der Waals surface area contributed by atoms with Crippen LogP contribution in [0.4, 0.5) is 0 Å². The molecule has 0 unspecified atom stereocenters. The number of fused-ring (bicyclic) bond motifs is 1. The lowest BCUT2D eigenvalue weighted by atomic mass is 10.0. The van der Waals surface area contributed by atoms with Gasteiger partial charge in [0.05, 0.1) is 5.69 Å². The smallest absolute Gasteiger partial charge is 0.286 e. The highest BCUT2D eigenvalue weighted by Gasteiger charge is 2.13. The number of aromatic nitrogens is 2. The summed E-state index contributed by atoms with van der Waals surface area (Å²) in [6.07, 6.45) is 3.50. The molecule has 1 aromatic carbocycles. The Kier molecular flexibility index (Phi) is 2.78. The van der Waals surface area contributed by atoms with Crippen molar-refractivity contribution in [1.82, 2.24) is 9.97 Å². The van der Waals surface area contributed by atoms with Gasteiger partial charge in [-0.25, -0.2) is 9.97 Å². The topological polar surface area (TPSA) is 68.9 Å². The van der Waals surface area contributed by atoms with Gasteiger partial charge in [-0.15, -0.1) is 0 Å². The molecule has 2 N–H and O–H groups in total. The van der Waals surface area contributed by atoms with Gasteiger partial charge in [0.1, 0.15) is 0 Å². The van der Waals surface area contributed by atoms with Gasteiger partial charge in [-0.3, -0.25) is 4.79 Å². The fourth-order valence-corrected chi connectivity index (χ4v) is 2.56. The van der Waals surface area contributed by atoms with E-state index in [1.165, 1.54) is 17.5 Å². The first-order valence-electron chi connectivity index (χ1n) is 6.41. The largest absolute Gasteiger partial charge is 0.363 e. The third-order valence-corrected chi connectivity index (χ3v) is 3.47. The van der Waals surface area contributed by atoms with Gasteiger partial charge in [0, 0.05) is 11.3 Å². The molecule has 0 spiro atoms. The highest BCUT2D eigenvalue weighted by molar-refractivity contribution is 5.89. The standard InChI is InChI=1S/C15H15N3O/c1-9-7-13(18-15(17-9)14(16)19)12-6-5-10-3-2-4-11(10)8-12/h5-8H,2-4H2,1H3,(H2,16,19). The molecule has 0 saturated carbocycles. The zero-order chi connectivity index (χ0) is 13.4. The quantitative estimate of drug-likeness (QED) is 0.890. The van der Waals surface area contributed by atoms with E-state index < -0.39 is 5.91 Å². The van der Waals surface area contributed by atoms with Crippen molar-refractivity contribution in [2.45, 2.75) is 26.2 Å². The summed E-state index contributed by atoms with van der Waals surface area (Å²) in [6.45, 7) is 1.84. The highest BCUT2D eigenvalue weighted by atomic mass is 16.1. The predicted octanol–water partition coefficient (Wildman–Crippen LogP) is 2.04. The molecule has 0 radical (unpaired) electrons. The Morgan fingerprint density at radius 1 is 1.16 bits per heavy atom. The van der Waals surface area contributed by atoms with Gasteiger partial charge >= 0.3 is 0 Å². The van der Waals surface area contributed by atoms with E-state index in [-0.39, 0.29) is 5.82 Å². The maximum Gasteiger partial charge on any atom is 0.286 e. The summed E-state index contributed by atoms with van der Waals surface area (Å²) in [5, 5.41) is 0. The average Bonchev–Trinajstić information content (AvgIpc) is 2.85. The minimum atomic E-state index is -0.592. The van der Waals surface area contributed by atoms with E-state index in [9.17, 15) is 4.79 Å². The number of nitrogens with zero attached hydrogens (tertiary/aromatic N) is 2. The predicted molar refractivity (Wildman–Crippen MR) is 72.7 cm³/mol. The van der Waals surface area contributed by atoms with Crippen LogP contribution in [0, 0.1) is 6.92 Å². The van der Waals surface area contributed by atoms with Crippen LogP contribution in [0.15, 0.2) is 24.3 Å². The Labute approximate surface area is 111 Å². The highest BCUT2D eigenvalue weighted by Crippen LogP contribution is 2.27. The lowest BCUT2D eigenvalue weighted by molar-refractivity contribution is 0.0990. The van der Waals surface area contributed by atoms with Crippen molar-refractivity contribution in [1.29, 1.82) is 0 Å². The zero-order valence-electron chi connectivity index (χ0n) is 10.8. The summed E-state index contributed by atoms with van der Waals surface area (Å²) in [7, 11) is 0. The van der Waals surface area contributed by atoms with Crippen molar-refractivity contribution >= 4 is 5.91 Å². The van der Waals surface area contributed by atoms with E-state index in [1.54, 1.807) is 0 Å². The van der Waals surface area contributed by atoms with E-state index in [1.807, 2.05) is 13.0 Å². The molecular formula is C15H15N3O. The monoisotopic (exact) mass is 253 g/mol. The van der Waals surface area contributed by atoms with Gasteiger partial charge in [0.2, 0.25) is 5.82 Å². The molecule has 0 aliphatic heterocycles. The summed E-state index contributed by atoms with van der Waals surface area (Å²) < 4.78 is 0. The molecule has 1 aliphatic rings. The summed E-state index contributed by atoms with van der Waals surface area (Å²) in [4.78, 5) is 19.5. The Morgan fingerprint density at radius 3 is 2.74 bits per heavy atom. The molecule has 19 heavy (non-hydrogen) atoms. The van der Waals surface area contributed by atoms with Crippen LogP contribution in [0.3, 0.4) is 0 Å². The van der Waals surface area contributed by atoms with Crippen molar-refractivity contribution < 1.29 is 4.79 Å². The molecule has 0 bridgehead atoms. The second kappa shape index (κ2) is 4.46. The first-order valence-corrected chi connectivity index (χ1v) is 6.41. The number of hydrogen-bond acceptors (Lipinski definition) is 3. The molecule has 0 atom stereocenters. The third kappa shape index (κ3) is 2.21. The number of benzene rings is 1. The average molecular weight is 253 g/mol. The number of amides is 1. The number of primary amides is 1. The Morgan fingerprint density at radius 2 is 1.95 bits per heavy atom. The maximum absolute atomic E-state index is 11.2. The van der Waals surface area contributed by atoms with Gasteiger partial charge < -0.3 is 5.73 Å². The second-order valence-electron chi connectivity index (χ2n) is 4.92. The summed E-state index contributed by atoms with van der Waals surface area (Å²) in [5.74, 6) is -0.512. The van der Waals surface area contributed by atoms with E-state index in [0.717, 1.165) is 29.8 Å². The molecule has 4 heteroatoms. The third-order valence-electron chi connectivity index (χ3n) is 3.47. The van der Waals surface area contributed by atoms with E-state index in [0.29, 0.717) is 0 Å². The van der Waals surface area contributed by atoms with Crippen LogP contribution >= 0.6 is 0 Å². The molecule has 0 saturated heterocycles. The van der Waals surface area contributed by atoms with E-state index in [4.69, 9.17) is 5.73 Å².